The molecule has 1 heterocycles. The van der Waals surface area contributed by atoms with E-state index in [9.17, 15) is 9.90 Å². The molecular weight excluding hydrogens is 246 g/mol. The number of carboxylic acid groups (broad SMARTS) is 1. The van der Waals surface area contributed by atoms with Gasteiger partial charge in [-0.2, -0.15) is 0 Å². The Hall–Kier alpha value is -1.85. The van der Waals surface area contributed by atoms with Gasteiger partial charge >= 0.3 is 5.97 Å². The molecule has 2 aromatic rings. The van der Waals surface area contributed by atoms with E-state index >= 15 is 0 Å². The SMILES string of the molecule is COCCN(C)Cc1oc2ccccc2c1C(=O)O. The lowest BCUT2D eigenvalue weighted by Gasteiger charge is -2.14. The Morgan fingerprint density at radius 3 is 2.84 bits per heavy atom. The summed E-state index contributed by atoms with van der Waals surface area (Å²) in [7, 11) is 3.54. The molecule has 5 heteroatoms. The minimum Gasteiger partial charge on any atom is -0.478 e. The van der Waals surface area contributed by atoms with Crippen molar-refractivity contribution in [3.63, 3.8) is 0 Å². The highest BCUT2D eigenvalue weighted by Crippen LogP contribution is 2.26. The van der Waals surface area contributed by atoms with E-state index in [2.05, 4.69) is 0 Å². The zero-order valence-corrected chi connectivity index (χ0v) is 11.0. The molecule has 0 saturated carbocycles. The van der Waals surface area contributed by atoms with E-state index in [1.54, 1.807) is 19.2 Å². The Morgan fingerprint density at radius 2 is 2.16 bits per heavy atom. The number of hydrogen-bond donors (Lipinski definition) is 1. The second kappa shape index (κ2) is 5.86. The Labute approximate surface area is 111 Å². The van der Waals surface area contributed by atoms with Gasteiger partial charge in [-0.25, -0.2) is 4.79 Å². The van der Waals surface area contributed by atoms with Crippen LogP contribution in [-0.2, 0) is 11.3 Å². The summed E-state index contributed by atoms with van der Waals surface area (Å²) in [5.74, 6) is -0.479. The number of benzene rings is 1. The van der Waals surface area contributed by atoms with Crippen LogP contribution in [0.3, 0.4) is 0 Å². The lowest BCUT2D eigenvalue weighted by molar-refractivity contribution is 0.0694. The first-order valence-electron chi connectivity index (χ1n) is 6.04. The molecule has 0 bridgehead atoms. The smallest absolute Gasteiger partial charge is 0.339 e. The van der Waals surface area contributed by atoms with Gasteiger partial charge in [0.25, 0.3) is 0 Å². The average Bonchev–Trinajstić information content (AvgIpc) is 2.74. The fourth-order valence-corrected chi connectivity index (χ4v) is 2.01. The van der Waals surface area contributed by atoms with Crippen LogP contribution in [0.1, 0.15) is 16.1 Å². The number of methoxy groups -OCH3 is 1. The van der Waals surface area contributed by atoms with Crippen molar-refractivity contribution in [3.8, 4) is 0 Å². The van der Waals surface area contributed by atoms with Crippen LogP contribution in [0, 0.1) is 0 Å². The number of carboxylic acids is 1. The molecule has 102 valence electrons. The van der Waals surface area contributed by atoms with E-state index in [0.29, 0.717) is 36.4 Å². The Bertz CT molecular complexity index is 576. The maximum atomic E-state index is 11.4. The van der Waals surface area contributed by atoms with Gasteiger partial charge < -0.3 is 14.3 Å². The van der Waals surface area contributed by atoms with E-state index in [4.69, 9.17) is 9.15 Å². The normalized spacial score (nSPS) is 11.3. The van der Waals surface area contributed by atoms with Gasteiger partial charge in [-0.1, -0.05) is 18.2 Å². The monoisotopic (exact) mass is 263 g/mol. The molecule has 0 spiro atoms. The molecule has 0 radical (unpaired) electrons. The molecule has 1 N–H and O–H groups in total. The summed E-state index contributed by atoms with van der Waals surface area (Å²) in [6.45, 7) is 1.76. The molecule has 0 fully saturated rings. The molecule has 2 rings (SSSR count). The van der Waals surface area contributed by atoms with Gasteiger partial charge in [0.1, 0.15) is 16.9 Å². The lowest BCUT2D eigenvalue weighted by Crippen LogP contribution is -2.23. The number of para-hydroxylation sites is 1. The summed E-state index contributed by atoms with van der Waals surface area (Å²) in [6, 6.07) is 7.18. The molecule has 0 saturated heterocycles. The molecular formula is C14H17NO4. The number of ether oxygens (including phenoxy) is 1. The van der Waals surface area contributed by atoms with E-state index in [1.807, 2.05) is 24.1 Å². The van der Waals surface area contributed by atoms with Crippen molar-refractivity contribution in [2.24, 2.45) is 0 Å². The summed E-state index contributed by atoms with van der Waals surface area (Å²) in [5.41, 5.74) is 0.856. The number of nitrogens with zero attached hydrogens (tertiary/aromatic N) is 1. The molecule has 1 aromatic carbocycles. The molecule has 0 aliphatic heterocycles. The summed E-state index contributed by atoms with van der Waals surface area (Å²) in [5, 5.41) is 9.98. The predicted octanol–water partition coefficient (Wildman–Crippen LogP) is 2.21. The van der Waals surface area contributed by atoms with Gasteiger partial charge in [-0.3, -0.25) is 4.90 Å². The quantitative estimate of drug-likeness (QED) is 0.865. The van der Waals surface area contributed by atoms with E-state index in [-0.39, 0.29) is 5.56 Å². The molecule has 19 heavy (non-hydrogen) atoms. The topological polar surface area (TPSA) is 62.9 Å². The van der Waals surface area contributed by atoms with Crippen LogP contribution in [0.5, 0.6) is 0 Å². The average molecular weight is 263 g/mol. The highest BCUT2D eigenvalue weighted by Gasteiger charge is 2.20. The standard InChI is InChI=1S/C14H17NO4/c1-15(7-8-18-2)9-12-13(14(16)17)10-5-3-4-6-11(10)19-12/h3-6H,7-9H2,1-2H3,(H,16,17). The molecule has 0 amide bonds. The number of furan rings is 1. The van der Waals surface area contributed by atoms with Crippen molar-refractivity contribution in [2.45, 2.75) is 6.54 Å². The maximum absolute atomic E-state index is 11.4. The summed E-state index contributed by atoms with van der Waals surface area (Å²) in [6.07, 6.45) is 0. The largest absolute Gasteiger partial charge is 0.478 e. The molecule has 0 aliphatic carbocycles. The van der Waals surface area contributed by atoms with Crippen LogP contribution in [-0.4, -0.2) is 43.3 Å². The summed E-state index contributed by atoms with van der Waals surface area (Å²) < 4.78 is 10.6. The predicted molar refractivity (Wildman–Crippen MR) is 71.4 cm³/mol. The van der Waals surface area contributed by atoms with Crippen LogP contribution in [0.15, 0.2) is 28.7 Å². The summed E-state index contributed by atoms with van der Waals surface area (Å²) >= 11 is 0. The fourth-order valence-electron chi connectivity index (χ4n) is 2.01. The Kier molecular flexibility index (Phi) is 4.19. The summed E-state index contributed by atoms with van der Waals surface area (Å²) in [4.78, 5) is 13.4. The zero-order valence-electron chi connectivity index (χ0n) is 11.0. The third kappa shape index (κ3) is 2.94. The lowest BCUT2D eigenvalue weighted by atomic mass is 10.1. The highest BCUT2D eigenvalue weighted by molar-refractivity contribution is 6.03. The first-order valence-corrected chi connectivity index (χ1v) is 6.04. The van der Waals surface area contributed by atoms with Crippen LogP contribution in [0.25, 0.3) is 11.0 Å². The van der Waals surface area contributed by atoms with Crippen LogP contribution < -0.4 is 0 Å². The number of likely N-dealkylation sites (N-methyl/N-ethyl adjacent to an activating group) is 1. The highest BCUT2D eigenvalue weighted by atomic mass is 16.5. The van der Waals surface area contributed by atoms with Crippen molar-refractivity contribution in [3.05, 3.63) is 35.6 Å². The van der Waals surface area contributed by atoms with Crippen molar-refractivity contribution in [2.75, 3.05) is 27.3 Å². The Morgan fingerprint density at radius 1 is 1.42 bits per heavy atom. The first kappa shape index (κ1) is 13.6. The molecule has 0 aliphatic rings. The maximum Gasteiger partial charge on any atom is 0.339 e. The fraction of sp³-hybridized carbons (Fsp3) is 0.357. The van der Waals surface area contributed by atoms with Crippen molar-refractivity contribution in [1.82, 2.24) is 4.90 Å². The minimum absolute atomic E-state index is 0.250. The van der Waals surface area contributed by atoms with E-state index < -0.39 is 5.97 Å². The van der Waals surface area contributed by atoms with Gasteiger partial charge in [-0.05, 0) is 13.1 Å². The van der Waals surface area contributed by atoms with Crippen molar-refractivity contribution < 1.29 is 19.1 Å². The van der Waals surface area contributed by atoms with Crippen LogP contribution in [0.4, 0.5) is 0 Å². The van der Waals surface area contributed by atoms with Gasteiger partial charge in [0.15, 0.2) is 0 Å². The zero-order chi connectivity index (χ0) is 13.8. The molecule has 5 nitrogen and oxygen atoms in total. The number of hydrogen-bond acceptors (Lipinski definition) is 4. The van der Waals surface area contributed by atoms with Crippen molar-refractivity contribution in [1.29, 1.82) is 0 Å². The number of fused-ring (bicyclic) bond motifs is 1. The second-order valence-corrected chi connectivity index (χ2v) is 4.43. The first-order chi connectivity index (χ1) is 9.13. The number of rotatable bonds is 6. The second-order valence-electron chi connectivity index (χ2n) is 4.43. The van der Waals surface area contributed by atoms with Gasteiger partial charge in [-0.15, -0.1) is 0 Å². The Balaban J connectivity index is 2.31. The van der Waals surface area contributed by atoms with E-state index in [0.717, 1.165) is 0 Å². The minimum atomic E-state index is -0.958. The third-order valence-electron chi connectivity index (χ3n) is 2.97. The number of carbonyl (C=O) groups is 1. The molecule has 1 aromatic heterocycles. The van der Waals surface area contributed by atoms with Gasteiger partial charge in [0, 0.05) is 19.0 Å². The molecule has 0 atom stereocenters. The number of aromatic carboxylic acids is 1. The van der Waals surface area contributed by atoms with Gasteiger partial charge in [0.2, 0.25) is 0 Å². The van der Waals surface area contributed by atoms with Crippen LogP contribution >= 0.6 is 0 Å². The third-order valence-corrected chi connectivity index (χ3v) is 2.97. The van der Waals surface area contributed by atoms with E-state index in [1.165, 1.54) is 0 Å². The van der Waals surface area contributed by atoms with Gasteiger partial charge in [0.05, 0.1) is 13.2 Å². The van der Waals surface area contributed by atoms with Crippen LogP contribution in [0.2, 0.25) is 0 Å². The molecule has 0 unspecified atom stereocenters. The van der Waals surface area contributed by atoms with Crippen molar-refractivity contribution >= 4 is 16.9 Å².